The zero-order chi connectivity index (χ0) is 13.5. The van der Waals surface area contributed by atoms with Crippen LogP contribution in [0.2, 0.25) is 0 Å². The molecule has 0 aromatic carbocycles. The molecule has 0 fully saturated rings. The highest BCUT2D eigenvalue weighted by Gasteiger charge is 2.05. The Labute approximate surface area is 114 Å². The molecule has 0 radical (unpaired) electrons. The fraction of sp³-hybridized carbons (Fsp3) is 0.167. The van der Waals surface area contributed by atoms with Crippen molar-refractivity contribution in [3.05, 3.63) is 36.7 Å². The Morgan fingerprint density at radius 2 is 2.11 bits per heavy atom. The van der Waals surface area contributed by atoms with E-state index in [9.17, 15) is 0 Å². The highest BCUT2D eigenvalue weighted by atomic mass is 32.2. The monoisotopic (exact) mass is 272 g/mol. The molecule has 0 spiro atoms. The standard InChI is InChI=1S/C12H12N6S/c1-14-11(18-13)8-19-12-16-7-5-10(17-12)9-4-2-3-6-15-9/h2-7,13H,8H2,1H3. The minimum Gasteiger partial charge on any atom is -0.272 e. The molecule has 19 heavy (non-hydrogen) atoms. The van der Waals surface area contributed by atoms with Gasteiger partial charge >= 0.3 is 0 Å². The van der Waals surface area contributed by atoms with Gasteiger partial charge in [0.1, 0.15) is 0 Å². The Morgan fingerprint density at radius 3 is 2.79 bits per heavy atom. The number of amidine groups is 1. The van der Waals surface area contributed by atoms with E-state index in [1.165, 1.54) is 11.8 Å². The largest absolute Gasteiger partial charge is 0.272 e. The minimum atomic E-state index is 0.455. The molecule has 6 nitrogen and oxygen atoms in total. The Bertz CT molecular complexity index is 584. The third-order valence-electron chi connectivity index (χ3n) is 2.28. The van der Waals surface area contributed by atoms with Crippen LogP contribution in [0.1, 0.15) is 0 Å². The first kappa shape index (κ1) is 13.3. The highest BCUT2D eigenvalue weighted by Crippen LogP contribution is 2.18. The van der Waals surface area contributed by atoms with Crippen LogP contribution in [-0.4, -0.2) is 33.6 Å². The van der Waals surface area contributed by atoms with Crippen molar-refractivity contribution in [3.63, 3.8) is 0 Å². The Kier molecular flexibility index (Phi) is 4.68. The third-order valence-corrected chi connectivity index (χ3v) is 3.14. The van der Waals surface area contributed by atoms with Crippen molar-refractivity contribution >= 4 is 17.6 Å². The van der Waals surface area contributed by atoms with E-state index in [0.29, 0.717) is 16.7 Å². The summed E-state index contributed by atoms with van der Waals surface area (Å²) in [6.07, 6.45) is 3.42. The van der Waals surface area contributed by atoms with Gasteiger partial charge in [0.25, 0.3) is 0 Å². The lowest BCUT2D eigenvalue weighted by atomic mass is 10.3. The molecule has 0 atom stereocenters. The van der Waals surface area contributed by atoms with Crippen molar-refractivity contribution in [2.75, 3.05) is 12.8 Å². The van der Waals surface area contributed by atoms with Gasteiger partial charge < -0.3 is 0 Å². The molecule has 0 amide bonds. The summed E-state index contributed by atoms with van der Waals surface area (Å²) in [7, 11) is 1.61. The van der Waals surface area contributed by atoms with E-state index >= 15 is 0 Å². The second-order valence-electron chi connectivity index (χ2n) is 3.48. The fourth-order valence-electron chi connectivity index (χ4n) is 1.34. The van der Waals surface area contributed by atoms with E-state index in [-0.39, 0.29) is 0 Å². The molecule has 0 aliphatic carbocycles. The summed E-state index contributed by atoms with van der Waals surface area (Å²) in [6.45, 7) is 0. The lowest BCUT2D eigenvalue weighted by Crippen LogP contribution is -1.98. The van der Waals surface area contributed by atoms with E-state index in [0.717, 1.165) is 11.4 Å². The average Bonchev–Trinajstić information content (AvgIpc) is 2.49. The molecule has 0 unspecified atom stereocenters. The van der Waals surface area contributed by atoms with Crippen LogP contribution in [0.5, 0.6) is 0 Å². The first-order valence-electron chi connectivity index (χ1n) is 5.54. The number of nitrogens with one attached hydrogen (secondary N) is 1. The van der Waals surface area contributed by atoms with Crippen LogP contribution in [0.4, 0.5) is 0 Å². The Balaban J connectivity index is 2.14. The SMILES string of the molecule is CN=C(CSc1nccc(-c2ccccn2)n1)N=N. The van der Waals surface area contributed by atoms with Crippen LogP contribution >= 0.6 is 11.8 Å². The molecule has 2 aromatic rings. The van der Waals surface area contributed by atoms with E-state index in [2.05, 4.69) is 25.1 Å². The molecule has 1 N–H and O–H groups in total. The molecular formula is C12H12N6S. The second kappa shape index (κ2) is 6.69. The lowest BCUT2D eigenvalue weighted by molar-refractivity contribution is 0.969. The summed E-state index contributed by atoms with van der Waals surface area (Å²) < 4.78 is 0. The highest BCUT2D eigenvalue weighted by molar-refractivity contribution is 7.99. The quantitative estimate of drug-likeness (QED) is 0.305. The van der Waals surface area contributed by atoms with Gasteiger partial charge in [-0.05, 0) is 18.2 Å². The molecule has 0 aliphatic heterocycles. The van der Waals surface area contributed by atoms with Crippen LogP contribution in [-0.2, 0) is 0 Å². The fourth-order valence-corrected chi connectivity index (χ4v) is 2.09. The van der Waals surface area contributed by atoms with E-state index in [1.807, 2.05) is 24.3 Å². The van der Waals surface area contributed by atoms with E-state index in [4.69, 9.17) is 5.53 Å². The first-order chi connectivity index (χ1) is 9.33. The maximum Gasteiger partial charge on any atom is 0.188 e. The van der Waals surface area contributed by atoms with Crippen LogP contribution in [0.3, 0.4) is 0 Å². The van der Waals surface area contributed by atoms with Gasteiger partial charge in [0, 0.05) is 19.4 Å². The van der Waals surface area contributed by atoms with Crippen LogP contribution in [0.15, 0.2) is 51.9 Å². The van der Waals surface area contributed by atoms with Crippen LogP contribution < -0.4 is 0 Å². The molecule has 0 saturated carbocycles. The Morgan fingerprint density at radius 1 is 1.21 bits per heavy atom. The summed E-state index contributed by atoms with van der Waals surface area (Å²) in [6, 6.07) is 7.49. The molecule has 0 bridgehead atoms. The van der Waals surface area contributed by atoms with Gasteiger partial charge in [0.2, 0.25) is 0 Å². The zero-order valence-electron chi connectivity index (χ0n) is 10.3. The number of pyridine rings is 1. The maximum absolute atomic E-state index is 6.93. The molecule has 2 rings (SSSR count). The number of aliphatic imine (C=N–C) groups is 1. The van der Waals surface area contributed by atoms with Gasteiger partial charge in [-0.3, -0.25) is 9.98 Å². The molecule has 0 saturated heterocycles. The van der Waals surface area contributed by atoms with Crippen molar-refractivity contribution in [2.45, 2.75) is 5.16 Å². The van der Waals surface area contributed by atoms with Crippen molar-refractivity contribution in [2.24, 2.45) is 10.1 Å². The number of rotatable bonds is 4. The van der Waals surface area contributed by atoms with Gasteiger partial charge in [0.05, 0.1) is 17.1 Å². The van der Waals surface area contributed by atoms with Crippen molar-refractivity contribution in [1.29, 1.82) is 5.53 Å². The average molecular weight is 272 g/mol. The number of hydrogen-bond donors (Lipinski definition) is 1. The summed E-state index contributed by atoms with van der Waals surface area (Å²) in [4.78, 5) is 16.7. The molecule has 0 aliphatic rings. The summed E-state index contributed by atoms with van der Waals surface area (Å²) in [5.74, 6) is 0.933. The van der Waals surface area contributed by atoms with Crippen LogP contribution in [0, 0.1) is 5.53 Å². The van der Waals surface area contributed by atoms with Gasteiger partial charge in [-0.25, -0.2) is 15.5 Å². The summed E-state index contributed by atoms with van der Waals surface area (Å²) >= 11 is 1.39. The predicted molar refractivity (Wildman–Crippen MR) is 74.5 cm³/mol. The second-order valence-corrected chi connectivity index (χ2v) is 4.42. The van der Waals surface area contributed by atoms with Gasteiger partial charge in [-0.2, -0.15) is 0 Å². The molecule has 7 heteroatoms. The summed E-state index contributed by atoms with van der Waals surface area (Å²) in [5, 5.41) is 3.93. The molecule has 2 heterocycles. The minimum absolute atomic E-state index is 0.455. The van der Waals surface area contributed by atoms with E-state index < -0.39 is 0 Å². The smallest absolute Gasteiger partial charge is 0.188 e. The van der Waals surface area contributed by atoms with Gasteiger partial charge in [0.15, 0.2) is 11.0 Å². The van der Waals surface area contributed by atoms with Crippen molar-refractivity contribution in [3.8, 4) is 11.4 Å². The zero-order valence-corrected chi connectivity index (χ0v) is 11.1. The number of hydrogen-bond acceptors (Lipinski definition) is 6. The van der Waals surface area contributed by atoms with Gasteiger partial charge in [-0.1, -0.05) is 17.8 Å². The number of thioether (sulfide) groups is 1. The number of nitrogens with zero attached hydrogens (tertiary/aromatic N) is 5. The topological polar surface area (TPSA) is 87.2 Å². The van der Waals surface area contributed by atoms with Crippen LogP contribution in [0.25, 0.3) is 11.4 Å². The molecule has 96 valence electrons. The third kappa shape index (κ3) is 3.65. The first-order valence-corrected chi connectivity index (χ1v) is 6.52. The molecule has 2 aromatic heterocycles. The number of aromatic nitrogens is 3. The van der Waals surface area contributed by atoms with Crippen molar-refractivity contribution < 1.29 is 0 Å². The van der Waals surface area contributed by atoms with Crippen molar-refractivity contribution in [1.82, 2.24) is 15.0 Å². The lowest BCUT2D eigenvalue weighted by Gasteiger charge is -2.02. The predicted octanol–water partition coefficient (Wildman–Crippen LogP) is 2.69. The Hall–Kier alpha value is -2.15. The van der Waals surface area contributed by atoms with E-state index in [1.54, 1.807) is 19.4 Å². The molecular weight excluding hydrogens is 260 g/mol. The summed E-state index contributed by atoms with van der Waals surface area (Å²) in [5.41, 5.74) is 8.51. The normalized spacial score (nSPS) is 11.3. The maximum atomic E-state index is 6.93. The van der Waals surface area contributed by atoms with Gasteiger partial charge in [-0.15, -0.1) is 5.11 Å².